The lowest BCUT2D eigenvalue weighted by Gasteiger charge is -2.29. The molecule has 1 aromatic rings. The maximum Gasteiger partial charge on any atom is 0.242 e. The van der Waals surface area contributed by atoms with E-state index in [4.69, 9.17) is 0 Å². The molecule has 0 saturated heterocycles. The van der Waals surface area contributed by atoms with E-state index in [1.165, 1.54) is 18.5 Å². The van der Waals surface area contributed by atoms with Gasteiger partial charge in [-0.1, -0.05) is 12.8 Å². The molecule has 29 heavy (non-hydrogen) atoms. The highest BCUT2D eigenvalue weighted by Crippen LogP contribution is 2.39. The van der Waals surface area contributed by atoms with Crippen molar-refractivity contribution in [1.29, 1.82) is 0 Å². The maximum atomic E-state index is 12.7. The average molecular weight is 425 g/mol. The molecule has 1 fully saturated rings. The molecular weight excluding hydrogens is 392 g/mol. The van der Waals surface area contributed by atoms with Crippen molar-refractivity contribution in [3.05, 3.63) is 24.5 Å². The summed E-state index contributed by atoms with van der Waals surface area (Å²) in [5.74, 6) is 0.699. The van der Waals surface area contributed by atoms with E-state index in [9.17, 15) is 13.2 Å². The highest BCUT2D eigenvalue weighted by atomic mass is 32.2. The molecule has 0 bridgehead atoms. The molecule has 3 N–H and O–H groups in total. The van der Waals surface area contributed by atoms with E-state index in [0.717, 1.165) is 25.7 Å². The van der Waals surface area contributed by atoms with Gasteiger partial charge in [0.25, 0.3) is 0 Å². The molecule has 1 amide bonds. The third-order valence-electron chi connectivity index (χ3n) is 4.96. The summed E-state index contributed by atoms with van der Waals surface area (Å²) in [6, 6.07) is 3.08. The fourth-order valence-electron chi connectivity index (χ4n) is 3.49. The topological polar surface area (TPSA) is 116 Å². The Balaban J connectivity index is 1.93. The molecule has 0 atom stereocenters. The van der Waals surface area contributed by atoms with Crippen molar-refractivity contribution in [1.82, 2.24) is 25.2 Å². The van der Waals surface area contributed by atoms with Crippen LogP contribution in [0.25, 0.3) is 0 Å². The Kier molecular flexibility index (Phi) is 8.39. The van der Waals surface area contributed by atoms with E-state index in [-0.39, 0.29) is 17.3 Å². The summed E-state index contributed by atoms with van der Waals surface area (Å²) >= 11 is 0. The third kappa shape index (κ3) is 6.40. The van der Waals surface area contributed by atoms with E-state index in [0.29, 0.717) is 25.6 Å². The van der Waals surface area contributed by atoms with Gasteiger partial charge >= 0.3 is 0 Å². The number of carbonyl (C=O) groups is 1. The molecule has 10 heteroatoms. The number of aromatic nitrogens is 1. The van der Waals surface area contributed by atoms with Crippen molar-refractivity contribution in [3.63, 3.8) is 0 Å². The van der Waals surface area contributed by atoms with Crippen molar-refractivity contribution in [2.45, 2.75) is 37.5 Å². The summed E-state index contributed by atoms with van der Waals surface area (Å²) in [5.41, 5.74) is -0.437. The largest absolute Gasteiger partial charge is 0.357 e. The molecule has 0 aromatic carbocycles. The Labute approximate surface area is 173 Å². The van der Waals surface area contributed by atoms with Crippen LogP contribution in [-0.4, -0.2) is 70.4 Å². The van der Waals surface area contributed by atoms with Gasteiger partial charge in [0, 0.05) is 46.1 Å². The zero-order valence-corrected chi connectivity index (χ0v) is 18.3. The van der Waals surface area contributed by atoms with Crippen LogP contribution in [0.4, 0.5) is 0 Å². The normalized spacial score (nSPS) is 16.4. The van der Waals surface area contributed by atoms with Crippen LogP contribution < -0.4 is 15.4 Å². The van der Waals surface area contributed by atoms with Crippen LogP contribution in [0, 0.1) is 5.41 Å². The summed E-state index contributed by atoms with van der Waals surface area (Å²) in [4.78, 5) is 22.9. The number of amides is 1. The fourth-order valence-corrected chi connectivity index (χ4v) is 4.49. The number of aliphatic imine (C=N–C) groups is 1. The molecule has 0 aliphatic heterocycles. The predicted octanol–water partition coefficient (Wildman–Crippen LogP) is 0.564. The first-order valence-electron chi connectivity index (χ1n) is 9.94. The van der Waals surface area contributed by atoms with E-state index >= 15 is 0 Å². The molecule has 0 radical (unpaired) electrons. The van der Waals surface area contributed by atoms with Crippen LogP contribution in [0.1, 0.15) is 32.6 Å². The number of nitrogens with zero attached hydrogens (tertiary/aromatic N) is 3. The van der Waals surface area contributed by atoms with Crippen molar-refractivity contribution in [2.75, 3.05) is 40.3 Å². The fraction of sp³-hybridized carbons (Fsp3) is 0.632. The molecule has 0 spiro atoms. The van der Waals surface area contributed by atoms with Gasteiger partial charge in [-0.2, -0.15) is 0 Å². The molecule has 1 saturated carbocycles. The average Bonchev–Trinajstić information content (AvgIpc) is 3.19. The summed E-state index contributed by atoms with van der Waals surface area (Å²) in [5, 5.41) is 6.27. The molecule has 1 aliphatic carbocycles. The Hall–Kier alpha value is -2.20. The van der Waals surface area contributed by atoms with E-state index in [1.54, 1.807) is 25.1 Å². The summed E-state index contributed by atoms with van der Waals surface area (Å²) < 4.78 is 27.0. The standard InChI is InChI=1S/C19H32N6O3S/c1-4-21-18(23-15-19(9-5-6-10-19)17(26)25(2)3)22-12-13-24-29(27,28)16-8-7-11-20-14-16/h7-8,11,14,24H,4-6,9-10,12-13,15H2,1-3H3,(H2,21,22,23). The highest BCUT2D eigenvalue weighted by Gasteiger charge is 2.42. The summed E-state index contributed by atoms with van der Waals surface area (Å²) in [7, 11) is -0.0260. The minimum Gasteiger partial charge on any atom is -0.357 e. The highest BCUT2D eigenvalue weighted by molar-refractivity contribution is 7.89. The number of carbonyl (C=O) groups excluding carboxylic acids is 1. The van der Waals surface area contributed by atoms with Crippen LogP contribution in [-0.2, 0) is 14.8 Å². The molecule has 162 valence electrons. The number of rotatable bonds is 9. The van der Waals surface area contributed by atoms with Gasteiger partial charge < -0.3 is 15.5 Å². The van der Waals surface area contributed by atoms with Crippen molar-refractivity contribution >= 4 is 21.9 Å². The first-order valence-corrected chi connectivity index (χ1v) is 11.4. The second-order valence-corrected chi connectivity index (χ2v) is 9.16. The van der Waals surface area contributed by atoms with Gasteiger partial charge in [-0.25, -0.2) is 13.1 Å². The van der Waals surface area contributed by atoms with E-state index < -0.39 is 15.4 Å². The monoisotopic (exact) mass is 424 g/mol. The lowest BCUT2D eigenvalue weighted by molar-refractivity contribution is -0.138. The second-order valence-electron chi connectivity index (χ2n) is 7.40. The predicted molar refractivity (Wildman–Crippen MR) is 113 cm³/mol. The van der Waals surface area contributed by atoms with Crippen LogP contribution in [0.15, 0.2) is 34.4 Å². The number of guanidine groups is 1. The second kappa shape index (κ2) is 10.5. The minimum absolute atomic E-state index is 0.124. The first kappa shape index (κ1) is 23.1. The van der Waals surface area contributed by atoms with Gasteiger partial charge in [-0.05, 0) is 31.9 Å². The smallest absolute Gasteiger partial charge is 0.242 e. The van der Waals surface area contributed by atoms with Gasteiger partial charge in [-0.15, -0.1) is 0 Å². The van der Waals surface area contributed by atoms with Crippen LogP contribution in [0.5, 0.6) is 0 Å². The van der Waals surface area contributed by atoms with Gasteiger partial charge in [0.1, 0.15) is 4.90 Å². The quantitative estimate of drug-likeness (QED) is 0.303. The molecule has 0 unspecified atom stereocenters. The van der Waals surface area contributed by atoms with E-state index in [2.05, 4.69) is 25.3 Å². The Morgan fingerprint density at radius 2 is 1.97 bits per heavy atom. The van der Waals surface area contributed by atoms with Gasteiger partial charge in [0.2, 0.25) is 15.9 Å². The Bertz CT molecular complexity index is 789. The number of pyridine rings is 1. The first-order chi connectivity index (χ1) is 13.8. The number of nitrogens with one attached hydrogen (secondary N) is 3. The molecule has 1 aliphatic rings. The Morgan fingerprint density at radius 1 is 1.24 bits per heavy atom. The van der Waals surface area contributed by atoms with Crippen LogP contribution in [0.3, 0.4) is 0 Å². The molecular formula is C19H32N6O3S. The van der Waals surface area contributed by atoms with Crippen molar-refractivity contribution < 1.29 is 13.2 Å². The summed E-state index contributed by atoms with van der Waals surface area (Å²) in [6.45, 7) is 3.60. The van der Waals surface area contributed by atoms with Gasteiger partial charge in [0.15, 0.2) is 5.96 Å². The molecule has 1 heterocycles. The van der Waals surface area contributed by atoms with Crippen molar-refractivity contribution in [3.8, 4) is 0 Å². The third-order valence-corrected chi connectivity index (χ3v) is 6.41. The molecule has 1 aromatic heterocycles. The summed E-state index contributed by atoms with van der Waals surface area (Å²) in [6.07, 6.45) is 6.60. The Morgan fingerprint density at radius 3 is 2.55 bits per heavy atom. The van der Waals surface area contributed by atoms with E-state index in [1.807, 2.05) is 6.92 Å². The number of hydrogen-bond donors (Lipinski definition) is 3. The maximum absolute atomic E-state index is 12.7. The van der Waals surface area contributed by atoms with Crippen LogP contribution >= 0.6 is 0 Å². The lowest BCUT2D eigenvalue weighted by atomic mass is 9.85. The zero-order chi connectivity index (χ0) is 21.3. The molecule has 2 rings (SSSR count). The van der Waals surface area contributed by atoms with Crippen molar-refractivity contribution in [2.24, 2.45) is 10.4 Å². The van der Waals surface area contributed by atoms with Gasteiger partial charge in [0.05, 0.1) is 12.0 Å². The molecule has 9 nitrogen and oxygen atoms in total. The van der Waals surface area contributed by atoms with Gasteiger partial charge in [-0.3, -0.25) is 14.8 Å². The zero-order valence-electron chi connectivity index (χ0n) is 17.4. The lowest BCUT2D eigenvalue weighted by Crippen LogP contribution is -2.44. The number of hydrogen-bond acceptors (Lipinski definition) is 5. The minimum atomic E-state index is -3.59. The SMILES string of the molecule is CCNC(=NCC1(C(=O)N(C)C)CCCC1)NCCNS(=O)(=O)c1cccnc1. The number of sulfonamides is 1. The van der Waals surface area contributed by atoms with Crippen LogP contribution in [0.2, 0.25) is 0 Å².